The largest absolute Gasteiger partial charge is 0.318 e. The first-order valence-electron chi connectivity index (χ1n) is 6.25. The maximum Gasteiger partial charge on any atom is 0.284 e. The Hall–Kier alpha value is -2.58. The highest BCUT2D eigenvalue weighted by molar-refractivity contribution is 7.12. The fourth-order valence-electron chi connectivity index (χ4n) is 1.72. The van der Waals surface area contributed by atoms with E-state index in [2.05, 4.69) is 20.6 Å². The molecule has 0 saturated carbocycles. The smallest absolute Gasteiger partial charge is 0.284 e. The van der Waals surface area contributed by atoms with Crippen molar-refractivity contribution in [3.8, 4) is 0 Å². The van der Waals surface area contributed by atoms with E-state index in [9.17, 15) is 9.59 Å². The number of rotatable bonds is 4. The van der Waals surface area contributed by atoms with Gasteiger partial charge in [0, 0.05) is 23.2 Å². The summed E-state index contributed by atoms with van der Waals surface area (Å²) in [4.78, 5) is 32.0. The van der Waals surface area contributed by atoms with Crippen molar-refractivity contribution in [2.45, 2.75) is 0 Å². The number of hydrogen-bond acceptors (Lipinski definition) is 6. The molecule has 0 saturated heterocycles. The lowest BCUT2D eigenvalue weighted by molar-refractivity contribution is 0.101. The molecule has 110 valence electrons. The molecule has 1 aromatic carbocycles. The highest BCUT2D eigenvalue weighted by atomic mass is 32.1. The summed E-state index contributed by atoms with van der Waals surface area (Å²) < 4.78 is 0. The molecule has 2 heterocycles. The molecule has 2 amide bonds. The summed E-state index contributed by atoms with van der Waals surface area (Å²) in [5.41, 5.74) is 1.01. The molecule has 0 fully saturated rings. The van der Waals surface area contributed by atoms with Crippen molar-refractivity contribution < 1.29 is 9.59 Å². The number of aromatic nitrogens is 2. The molecule has 0 spiro atoms. The number of amides is 2. The first-order valence-corrected chi connectivity index (χ1v) is 8.00. The molecule has 8 heteroatoms. The monoisotopic (exact) mass is 330 g/mol. The van der Waals surface area contributed by atoms with Crippen LogP contribution in [0.3, 0.4) is 0 Å². The molecule has 3 aromatic rings. The molecule has 0 aliphatic heterocycles. The van der Waals surface area contributed by atoms with Crippen molar-refractivity contribution in [1.82, 2.24) is 9.97 Å². The third-order valence-electron chi connectivity index (χ3n) is 2.68. The Morgan fingerprint density at radius 3 is 1.64 bits per heavy atom. The summed E-state index contributed by atoms with van der Waals surface area (Å²) in [6.45, 7) is 0. The molecule has 2 N–H and O–H groups in total. The van der Waals surface area contributed by atoms with Gasteiger partial charge in [-0.15, -0.1) is 22.7 Å². The summed E-state index contributed by atoms with van der Waals surface area (Å²) >= 11 is 2.50. The zero-order valence-corrected chi connectivity index (χ0v) is 12.8. The maximum atomic E-state index is 12.1. The van der Waals surface area contributed by atoms with Crippen LogP contribution in [0.25, 0.3) is 0 Å². The van der Waals surface area contributed by atoms with Gasteiger partial charge in [-0.25, -0.2) is 9.97 Å². The summed E-state index contributed by atoms with van der Waals surface area (Å²) in [7, 11) is 0. The molecule has 0 aliphatic carbocycles. The minimum atomic E-state index is -0.314. The number of para-hydroxylation sites is 2. The van der Waals surface area contributed by atoms with Gasteiger partial charge in [0.2, 0.25) is 0 Å². The van der Waals surface area contributed by atoms with Crippen LogP contribution in [0.5, 0.6) is 0 Å². The van der Waals surface area contributed by atoms with Gasteiger partial charge in [0.1, 0.15) is 0 Å². The Morgan fingerprint density at radius 2 is 1.27 bits per heavy atom. The van der Waals surface area contributed by atoms with E-state index < -0.39 is 0 Å². The van der Waals surface area contributed by atoms with Gasteiger partial charge in [0.15, 0.2) is 10.0 Å². The van der Waals surface area contributed by atoms with E-state index in [1.165, 1.54) is 22.7 Å². The lowest BCUT2D eigenvalue weighted by Gasteiger charge is -2.10. The van der Waals surface area contributed by atoms with Crippen LogP contribution in [0, 0.1) is 0 Å². The van der Waals surface area contributed by atoms with Crippen molar-refractivity contribution in [1.29, 1.82) is 0 Å². The van der Waals surface area contributed by atoms with E-state index in [-0.39, 0.29) is 11.8 Å². The van der Waals surface area contributed by atoms with E-state index in [1.54, 1.807) is 47.4 Å². The van der Waals surface area contributed by atoms with Crippen LogP contribution in [0.15, 0.2) is 47.4 Å². The Labute approximate surface area is 133 Å². The normalized spacial score (nSPS) is 10.2. The third-order valence-corrected chi connectivity index (χ3v) is 4.22. The first-order chi connectivity index (χ1) is 10.7. The second kappa shape index (κ2) is 6.46. The van der Waals surface area contributed by atoms with E-state index in [0.29, 0.717) is 21.4 Å². The summed E-state index contributed by atoms with van der Waals surface area (Å²) in [5.74, 6) is -0.628. The first kappa shape index (κ1) is 14.4. The van der Waals surface area contributed by atoms with Gasteiger partial charge in [-0.3, -0.25) is 9.59 Å². The number of anilines is 2. The average Bonchev–Trinajstić information content (AvgIpc) is 3.23. The molecule has 0 aliphatic rings. The van der Waals surface area contributed by atoms with Gasteiger partial charge in [0.05, 0.1) is 11.4 Å². The lowest BCUT2D eigenvalue weighted by atomic mass is 10.2. The fraction of sp³-hybridized carbons (Fsp3) is 0. The predicted octanol–water partition coefficient (Wildman–Crippen LogP) is 3.10. The fourth-order valence-corrected chi connectivity index (χ4v) is 2.78. The second-order valence-electron chi connectivity index (χ2n) is 4.13. The molecular weight excluding hydrogens is 320 g/mol. The van der Waals surface area contributed by atoms with Crippen LogP contribution in [-0.4, -0.2) is 21.8 Å². The Kier molecular flexibility index (Phi) is 4.22. The Morgan fingerprint density at radius 1 is 0.818 bits per heavy atom. The SMILES string of the molecule is O=C(Nc1ccccc1NC(=O)c1nccs1)c1nccs1. The number of carbonyl (C=O) groups is 2. The molecule has 22 heavy (non-hydrogen) atoms. The lowest BCUT2D eigenvalue weighted by Crippen LogP contribution is -2.16. The van der Waals surface area contributed by atoms with Gasteiger partial charge >= 0.3 is 0 Å². The van der Waals surface area contributed by atoms with Gasteiger partial charge in [-0.1, -0.05) is 12.1 Å². The highest BCUT2D eigenvalue weighted by Crippen LogP contribution is 2.23. The number of benzene rings is 1. The van der Waals surface area contributed by atoms with Crippen LogP contribution in [0.4, 0.5) is 11.4 Å². The average molecular weight is 330 g/mol. The Bertz CT molecular complexity index is 718. The van der Waals surface area contributed by atoms with E-state index in [4.69, 9.17) is 0 Å². The molecule has 6 nitrogen and oxygen atoms in total. The van der Waals surface area contributed by atoms with Crippen LogP contribution < -0.4 is 10.6 Å². The number of hydrogen-bond donors (Lipinski definition) is 2. The van der Waals surface area contributed by atoms with Crippen LogP contribution in [0.1, 0.15) is 19.6 Å². The molecule has 2 aromatic heterocycles. The quantitative estimate of drug-likeness (QED) is 0.770. The second-order valence-corrected chi connectivity index (χ2v) is 5.92. The van der Waals surface area contributed by atoms with Gasteiger partial charge < -0.3 is 10.6 Å². The zero-order valence-electron chi connectivity index (χ0n) is 11.1. The molecule has 3 rings (SSSR count). The number of thiazole rings is 2. The summed E-state index contributed by atoms with van der Waals surface area (Å²) in [6.07, 6.45) is 3.13. The molecule has 0 radical (unpaired) electrons. The summed E-state index contributed by atoms with van der Waals surface area (Å²) in [6, 6.07) is 6.97. The standard InChI is InChI=1S/C14H10N4O2S2/c19-11(13-15-5-7-21-13)17-9-3-1-2-4-10(9)18-12(20)14-16-6-8-22-14/h1-8H,(H,17,19)(H,18,20). The Balaban J connectivity index is 1.78. The highest BCUT2D eigenvalue weighted by Gasteiger charge is 2.14. The molecule has 0 bridgehead atoms. The number of carbonyl (C=O) groups excluding carboxylic acids is 2. The minimum absolute atomic E-state index is 0.314. The number of nitrogens with zero attached hydrogens (tertiary/aromatic N) is 2. The topological polar surface area (TPSA) is 84.0 Å². The van der Waals surface area contributed by atoms with Crippen LogP contribution in [-0.2, 0) is 0 Å². The molecular formula is C14H10N4O2S2. The molecule has 0 atom stereocenters. The van der Waals surface area contributed by atoms with Gasteiger partial charge in [-0.2, -0.15) is 0 Å². The molecule has 0 unspecified atom stereocenters. The predicted molar refractivity (Wildman–Crippen MR) is 86.6 cm³/mol. The van der Waals surface area contributed by atoms with Crippen LogP contribution >= 0.6 is 22.7 Å². The van der Waals surface area contributed by atoms with Crippen molar-refractivity contribution in [2.75, 3.05) is 10.6 Å². The maximum absolute atomic E-state index is 12.1. The van der Waals surface area contributed by atoms with E-state index >= 15 is 0 Å². The van der Waals surface area contributed by atoms with Crippen LogP contribution in [0.2, 0.25) is 0 Å². The van der Waals surface area contributed by atoms with E-state index in [1.807, 2.05) is 0 Å². The zero-order chi connectivity index (χ0) is 15.4. The summed E-state index contributed by atoms with van der Waals surface area (Å²) in [5, 5.41) is 9.66. The van der Waals surface area contributed by atoms with Crippen molar-refractivity contribution in [3.63, 3.8) is 0 Å². The van der Waals surface area contributed by atoms with Gasteiger partial charge in [-0.05, 0) is 12.1 Å². The van der Waals surface area contributed by atoms with Crippen molar-refractivity contribution >= 4 is 45.9 Å². The van der Waals surface area contributed by atoms with Gasteiger partial charge in [0.25, 0.3) is 11.8 Å². The third kappa shape index (κ3) is 3.18. The van der Waals surface area contributed by atoms with E-state index in [0.717, 1.165) is 0 Å². The van der Waals surface area contributed by atoms with Crippen molar-refractivity contribution in [2.24, 2.45) is 0 Å². The number of nitrogens with one attached hydrogen (secondary N) is 2. The van der Waals surface area contributed by atoms with Crippen molar-refractivity contribution in [3.05, 3.63) is 57.4 Å². The minimum Gasteiger partial charge on any atom is -0.318 e.